The van der Waals surface area contributed by atoms with Crippen LogP contribution in [-0.2, 0) is 0 Å². The molecular formula is C25H34N2O4. The Hall–Kier alpha value is -2.73. The first-order valence-electron chi connectivity index (χ1n) is 10.8. The van der Waals surface area contributed by atoms with Crippen molar-refractivity contribution in [2.75, 3.05) is 34.4 Å². The molecule has 0 bridgehead atoms. The molecule has 6 heteroatoms. The van der Waals surface area contributed by atoms with Crippen LogP contribution in [0.3, 0.4) is 0 Å². The van der Waals surface area contributed by atoms with Crippen molar-refractivity contribution < 1.29 is 19.0 Å². The molecule has 1 aliphatic rings. The maximum absolute atomic E-state index is 12.9. The monoisotopic (exact) mass is 426 g/mol. The predicted molar refractivity (Wildman–Crippen MR) is 122 cm³/mol. The van der Waals surface area contributed by atoms with E-state index in [4.69, 9.17) is 14.2 Å². The Morgan fingerprint density at radius 2 is 1.71 bits per heavy atom. The quantitative estimate of drug-likeness (QED) is 0.716. The summed E-state index contributed by atoms with van der Waals surface area (Å²) >= 11 is 0. The SMILES string of the molecule is COc1cc(OC)cc(C(=O)NC2CCCN([C@@H](C)c3ccc(OC)c(C)c3C)C2)c1. The van der Waals surface area contributed by atoms with Gasteiger partial charge in [-0.25, -0.2) is 0 Å². The van der Waals surface area contributed by atoms with Crippen LogP contribution in [-0.4, -0.2) is 51.3 Å². The second-order valence-corrected chi connectivity index (χ2v) is 8.19. The van der Waals surface area contributed by atoms with Crippen molar-refractivity contribution in [2.45, 2.75) is 45.7 Å². The number of carbonyl (C=O) groups excluding carboxylic acids is 1. The summed E-state index contributed by atoms with van der Waals surface area (Å²) in [5, 5.41) is 3.21. The number of piperidine rings is 1. The van der Waals surface area contributed by atoms with Crippen LogP contribution >= 0.6 is 0 Å². The van der Waals surface area contributed by atoms with Crippen LogP contribution in [0.2, 0.25) is 0 Å². The van der Waals surface area contributed by atoms with Crippen molar-refractivity contribution in [2.24, 2.45) is 0 Å². The Bertz CT molecular complexity index is 906. The molecule has 1 aliphatic heterocycles. The van der Waals surface area contributed by atoms with Crippen molar-refractivity contribution in [3.63, 3.8) is 0 Å². The van der Waals surface area contributed by atoms with Gasteiger partial charge in [-0.3, -0.25) is 9.69 Å². The van der Waals surface area contributed by atoms with E-state index in [9.17, 15) is 4.79 Å². The van der Waals surface area contributed by atoms with Gasteiger partial charge in [0.15, 0.2) is 0 Å². The fourth-order valence-electron chi connectivity index (χ4n) is 4.37. The summed E-state index contributed by atoms with van der Waals surface area (Å²) in [4.78, 5) is 15.4. The molecule has 0 saturated carbocycles. The highest BCUT2D eigenvalue weighted by atomic mass is 16.5. The molecule has 2 atom stereocenters. The molecule has 0 radical (unpaired) electrons. The van der Waals surface area contributed by atoms with Crippen LogP contribution < -0.4 is 19.5 Å². The zero-order valence-electron chi connectivity index (χ0n) is 19.5. The summed E-state index contributed by atoms with van der Waals surface area (Å²) in [5.41, 5.74) is 4.30. The summed E-state index contributed by atoms with van der Waals surface area (Å²) in [6, 6.07) is 9.82. The number of nitrogens with one attached hydrogen (secondary N) is 1. The number of methoxy groups -OCH3 is 3. The maximum Gasteiger partial charge on any atom is 0.251 e. The average molecular weight is 427 g/mol. The fourth-order valence-corrected chi connectivity index (χ4v) is 4.37. The molecule has 1 amide bonds. The van der Waals surface area contributed by atoms with E-state index < -0.39 is 0 Å². The minimum absolute atomic E-state index is 0.0977. The van der Waals surface area contributed by atoms with Crippen LogP contribution in [0.4, 0.5) is 0 Å². The van der Waals surface area contributed by atoms with Gasteiger partial charge in [-0.15, -0.1) is 0 Å². The number of hydrogen-bond acceptors (Lipinski definition) is 5. The minimum atomic E-state index is -0.104. The lowest BCUT2D eigenvalue weighted by Gasteiger charge is -2.38. The molecule has 3 rings (SSSR count). The second-order valence-electron chi connectivity index (χ2n) is 8.19. The summed E-state index contributed by atoms with van der Waals surface area (Å²) in [6.45, 7) is 8.34. The molecule has 2 aromatic rings. The summed E-state index contributed by atoms with van der Waals surface area (Å²) in [7, 11) is 4.88. The van der Waals surface area contributed by atoms with Crippen molar-refractivity contribution in [3.05, 3.63) is 52.6 Å². The van der Waals surface area contributed by atoms with E-state index in [-0.39, 0.29) is 18.0 Å². The van der Waals surface area contributed by atoms with Gasteiger partial charge in [0.05, 0.1) is 21.3 Å². The van der Waals surface area contributed by atoms with Gasteiger partial charge < -0.3 is 19.5 Å². The van der Waals surface area contributed by atoms with Crippen LogP contribution in [0, 0.1) is 13.8 Å². The third-order valence-corrected chi connectivity index (χ3v) is 6.40. The molecule has 6 nitrogen and oxygen atoms in total. The van der Waals surface area contributed by atoms with Crippen molar-refractivity contribution in [1.82, 2.24) is 10.2 Å². The molecule has 1 fully saturated rings. The molecule has 0 aliphatic carbocycles. The Labute approximate surface area is 185 Å². The highest BCUT2D eigenvalue weighted by Gasteiger charge is 2.27. The summed E-state index contributed by atoms with van der Waals surface area (Å²) in [5.74, 6) is 2.03. The van der Waals surface area contributed by atoms with Gasteiger partial charge in [-0.1, -0.05) is 6.07 Å². The van der Waals surface area contributed by atoms with Gasteiger partial charge in [0.2, 0.25) is 0 Å². The standard InChI is InChI=1S/C25H34N2O4/c1-16-17(2)24(31-6)10-9-23(16)18(3)27-11-7-8-20(15-27)26-25(28)19-12-21(29-4)14-22(13-19)30-5/h9-10,12-14,18,20H,7-8,11,15H2,1-6H3,(H,26,28)/t18-,20?/m0/s1. The first-order valence-corrected chi connectivity index (χ1v) is 10.8. The molecule has 1 saturated heterocycles. The van der Waals surface area contributed by atoms with Crippen molar-refractivity contribution in [1.29, 1.82) is 0 Å². The maximum atomic E-state index is 12.9. The smallest absolute Gasteiger partial charge is 0.251 e. The van der Waals surface area contributed by atoms with E-state index >= 15 is 0 Å². The third-order valence-electron chi connectivity index (χ3n) is 6.40. The molecule has 1 heterocycles. The predicted octanol–water partition coefficient (Wildman–Crippen LogP) is 4.28. The lowest BCUT2D eigenvalue weighted by Crippen LogP contribution is -2.48. The summed E-state index contributed by atoms with van der Waals surface area (Å²) < 4.78 is 16.1. The minimum Gasteiger partial charge on any atom is -0.497 e. The zero-order valence-corrected chi connectivity index (χ0v) is 19.5. The van der Waals surface area contributed by atoms with Crippen LogP contribution in [0.25, 0.3) is 0 Å². The topological polar surface area (TPSA) is 60.0 Å². The molecule has 2 aromatic carbocycles. The first-order chi connectivity index (χ1) is 14.9. The number of likely N-dealkylation sites (tertiary alicyclic amines) is 1. The highest BCUT2D eigenvalue weighted by Crippen LogP contribution is 2.32. The van der Waals surface area contributed by atoms with E-state index in [1.165, 1.54) is 16.7 Å². The number of amides is 1. The number of carbonyl (C=O) groups is 1. The van der Waals surface area contributed by atoms with Gasteiger partial charge in [-0.2, -0.15) is 0 Å². The van der Waals surface area contributed by atoms with Gasteiger partial charge in [-0.05, 0) is 75.0 Å². The van der Waals surface area contributed by atoms with E-state index in [1.807, 2.05) is 6.07 Å². The van der Waals surface area contributed by atoms with Gasteiger partial charge in [0.1, 0.15) is 17.2 Å². The van der Waals surface area contributed by atoms with Crippen molar-refractivity contribution in [3.8, 4) is 17.2 Å². The Kier molecular flexibility index (Phi) is 7.44. The van der Waals surface area contributed by atoms with Crippen LogP contribution in [0.1, 0.15) is 52.9 Å². The number of benzene rings is 2. The van der Waals surface area contributed by atoms with E-state index in [0.29, 0.717) is 17.1 Å². The van der Waals surface area contributed by atoms with Crippen LogP contribution in [0.5, 0.6) is 17.2 Å². The van der Waals surface area contributed by atoms with E-state index in [2.05, 4.69) is 37.1 Å². The second kappa shape index (κ2) is 10.1. The van der Waals surface area contributed by atoms with E-state index in [1.54, 1.807) is 39.5 Å². The molecule has 31 heavy (non-hydrogen) atoms. The first kappa shape index (κ1) is 22.9. The molecule has 168 valence electrons. The highest BCUT2D eigenvalue weighted by molar-refractivity contribution is 5.95. The lowest BCUT2D eigenvalue weighted by atomic mass is 9.94. The third kappa shape index (κ3) is 5.13. The average Bonchev–Trinajstić information content (AvgIpc) is 2.80. The van der Waals surface area contributed by atoms with Gasteiger partial charge in [0, 0.05) is 30.3 Å². The van der Waals surface area contributed by atoms with Gasteiger partial charge >= 0.3 is 0 Å². The van der Waals surface area contributed by atoms with Gasteiger partial charge in [0.25, 0.3) is 5.91 Å². The number of hydrogen-bond donors (Lipinski definition) is 1. The van der Waals surface area contributed by atoms with Crippen LogP contribution in [0.15, 0.2) is 30.3 Å². The Morgan fingerprint density at radius 1 is 1.03 bits per heavy atom. The normalized spacial score (nSPS) is 17.7. The van der Waals surface area contributed by atoms with E-state index in [0.717, 1.165) is 31.7 Å². The van der Waals surface area contributed by atoms with Crippen molar-refractivity contribution >= 4 is 5.91 Å². The summed E-state index contributed by atoms with van der Waals surface area (Å²) in [6.07, 6.45) is 2.02. The molecule has 1 unspecified atom stereocenters. The number of nitrogens with zero attached hydrogens (tertiary/aromatic N) is 1. The molecule has 0 aromatic heterocycles. The lowest BCUT2D eigenvalue weighted by molar-refractivity contribution is 0.0879. The molecular weight excluding hydrogens is 392 g/mol. The Balaban J connectivity index is 1.71. The molecule has 1 N–H and O–H groups in total. The Morgan fingerprint density at radius 3 is 2.32 bits per heavy atom. The number of rotatable bonds is 7. The molecule has 0 spiro atoms. The largest absolute Gasteiger partial charge is 0.497 e. The zero-order chi connectivity index (χ0) is 22.5. The number of ether oxygens (including phenoxy) is 3. The fraction of sp³-hybridized carbons (Fsp3) is 0.480.